The third-order valence-electron chi connectivity index (χ3n) is 10.2. The van der Waals surface area contributed by atoms with Crippen molar-refractivity contribution in [2.45, 2.75) is 50.9 Å². The van der Waals surface area contributed by atoms with Crippen LogP contribution in [0.4, 0.5) is 15.9 Å². The Morgan fingerprint density at radius 2 is 2.08 bits per heavy atom. The van der Waals surface area contributed by atoms with Crippen LogP contribution in [-0.2, 0) is 22.5 Å². The second kappa shape index (κ2) is 13.1. The lowest BCUT2D eigenvalue weighted by molar-refractivity contribution is -0.143. The van der Waals surface area contributed by atoms with Crippen LogP contribution in [0.5, 0.6) is 6.01 Å². The molecule has 1 aliphatic carbocycles. The fraction of sp³-hybridized carbons (Fsp3) is 0.500. The molecule has 0 N–H and O–H groups in total. The van der Waals surface area contributed by atoms with Gasteiger partial charge in [0.1, 0.15) is 24.3 Å². The lowest BCUT2D eigenvalue weighted by atomic mass is 9.86. The minimum Gasteiger partial charge on any atom is -0.463 e. The smallest absolute Gasteiger partial charge is 0.318 e. The van der Waals surface area contributed by atoms with E-state index in [-0.39, 0.29) is 35.0 Å². The maximum absolute atomic E-state index is 14.7. The highest BCUT2D eigenvalue weighted by Crippen LogP contribution is 2.40. The van der Waals surface area contributed by atoms with Gasteiger partial charge in [0.25, 0.3) is 0 Å². The number of carbonyl (C=O) groups is 1. The molecule has 48 heavy (non-hydrogen) atoms. The van der Waals surface area contributed by atoms with Crippen LogP contribution in [0.15, 0.2) is 43.0 Å². The molecule has 3 aromatic rings. The molecule has 1 amide bonds. The lowest BCUT2D eigenvalue weighted by Gasteiger charge is -2.43. The maximum Gasteiger partial charge on any atom is 0.318 e. The zero-order chi connectivity index (χ0) is 33.6. The summed E-state index contributed by atoms with van der Waals surface area (Å²) in [5, 5.41) is 1.65. The first-order valence-electron chi connectivity index (χ1n) is 16.7. The molecule has 4 aliphatic rings. The van der Waals surface area contributed by atoms with Gasteiger partial charge >= 0.3 is 6.01 Å². The van der Waals surface area contributed by atoms with Crippen LogP contribution in [0.2, 0.25) is 5.02 Å². The van der Waals surface area contributed by atoms with Gasteiger partial charge < -0.3 is 33.9 Å². The predicted molar refractivity (Wildman–Crippen MR) is 184 cm³/mol. The highest BCUT2D eigenvalue weighted by Gasteiger charge is 2.43. The molecule has 10 nitrogen and oxygen atoms in total. The zero-order valence-electron chi connectivity index (χ0n) is 27.5. The van der Waals surface area contributed by atoms with E-state index in [1.54, 1.807) is 11.0 Å². The molecule has 1 aromatic heterocycles. The van der Waals surface area contributed by atoms with Gasteiger partial charge in [0, 0.05) is 54.9 Å². The van der Waals surface area contributed by atoms with Crippen LogP contribution < -0.4 is 14.5 Å². The van der Waals surface area contributed by atoms with E-state index in [0.717, 1.165) is 34.7 Å². The largest absolute Gasteiger partial charge is 0.463 e. The fourth-order valence-electron chi connectivity index (χ4n) is 7.46. The molecule has 12 heteroatoms. The van der Waals surface area contributed by atoms with Gasteiger partial charge in [-0.25, -0.2) is 11.0 Å². The Kier molecular flexibility index (Phi) is 8.92. The first kappa shape index (κ1) is 32.6. The number of carbonyl (C=O) groups excluding carboxylic acids is 1. The first-order chi connectivity index (χ1) is 23.2. The second-order valence-corrected chi connectivity index (χ2v) is 14.2. The van der Waals surface area contributed by atoms with Gasteiger partial charge in [-0.05, 0) is 56.8 Å². The number of ether oxygens (including phenoxy) is 2. The number of piperazine rings is 1. The number of fused-ring (bicyclic) bond motifs is 2. The standard InChI is InChI=1S/C36H41ClFN7O3/c1-5-31(46)44-14-13-43(17-26(44)16-39-3)34-27-15-23(2)45(30-8-6-7-24-9-12-28(38)33(37)32(24)30)18-29(27)40-35(41-34)48-22-36(20-47-21-36)19-42(4)25-10-11-25/h5-9,12,23,25-26H,1,10-11,13-22H2,2,4H3/t23-,26+/m1/s1. The van der Waals surface area contributed by atoms with Gasteiger partial charge in [-0.3, -0.25) is 4.79 Å². The highest BCUT2D eigenvalue weighted by atomic mass is 35.5. The molecule has 3 aliphatic heterocycles. The van der Waals surface area contributed by atoms with Gasteiger partial charge in [0.05, 0.1) is 35.9 Å². The average molecular weight is 674 g/mol. The summed E-state index contributed by atoms with van der Waals surface area (Å²) in [6.45, 7) is 18.0. The Bertz CT molecular complexity index is 1770. The van der Waals surface area contributed by atoms with Gasteiger partial charge in [-0.1, -0.05) is 36.4 Å². The van der Waals surface area contributed by atoms with E-state index < -0.39 is 5.82 Å². The SMILES string of the molecule is [C-]#[N+]C[C@H]1CN(c2nc(OCC3(CN(C)C4CC4)COC3)nc3c2C[C@@H](C)N(c2cccc4ccc(F)c(Cl)c24)C3)CCN1C(=O)C=C. The van der Waals surface area contributed by atoms with Crippen molar-refractivity contribution < 1.29 is 18.7 Å². The van der Waals surface area contributed by atoms with Crippen molar-refractivity contribution in [2.75, 3.05) is 69.4 Å². The predicted octanol–water partition coefficient (Wildman–Crippen LogP) is 4.99. The number of anilines is 2. The average Bonchev–Trinajstić information content (AvgIpc) is 3.93. The van der Waals surface area contributed by atoms with E-state index in [9.17, 15) is 9.18 Å². The van der Waals surface area contributed by atoms with Crippen LogP contribution in [0.1, 0.15) is 31.0 Å². The van der Waals surface area contributed by atoms with Gasteiger partial charge in [0.15, 0.2) is 0 Å². The summed E-state index contributed by atoms with van der Waals surface area (Å²) in [4.78, 5) is 34.9. The second-order valence-electron chi connectivity index (χ2n) is 13.8. The van der Waals surface area contributed by atoms with Crippen LogP contribution in [0, 0.1) is 17.8 Å². The topological polar surface area (TPSA) is 78.6 Å². The molecule has 2 atom stereocenters. The summed E-state index contributed by atoms with van der Waals surface area (Å²) in [5.41, 5.74) is 2.57. The first-order valence-corrected chi connectivity index (χ1v) is 17.0. The van der Waals surface area contributed by atoms with Crippen molar-refractivity contribution in [1.29, 1.82) is 0 Å². The molecular formula is C36H41ClFN7O3. The Hall–Kier alpha value is -3.98. The van der Waals surface area contributed by atoms with Crippen molar-refractivity contribution in [2.24, 2.45) is 5.41 Å². The van der Waals surface area contributed by atoms with Gasteiger partial charge in [-0.2, -0.15) is 9.97 Å². The van der Waals surface area contributed by atoms with Crippen molar-refractivity contribution in [3.63, 3.8) is 0 Å². The molecule has 0 unspecified atom stereocenters. The normalized spacial score (nSPS) is 21.9. The molecule has 7 rings (SSSR count). The fourth-order valence-corrected chi connectivity index (χ4v) is 7.72. The Morgan fingerprint density at radius 1 is 1.27 bits per heavy atom. The summed E-state index contributed by atoms with van der Waals surface area (Å²) in [6.07, 6.45) is 4.41. The molecule has 0 bridgehead atoms. The summed E-state index contributed by atoms with van der Waals surface area (Å²) < 4.78 is 26.9. The van der Waals surface area contributed by atoms with Crippen molar-refractivity contribution >= 4 is 39.8 Å². The van der Waals surface area contributed by atoms with Crippen LogP contribution in [0.3, 0.4) is 0 Å². The van der Waals surface area contributed by atoms with E-state index in [1.165, 1.54) is 25.0 Å². The molecule has 2 saturated heterocycles. The molecule has 4 heterocycles. The minimum atomic E-state index is -0.453. The Balaban J connectivity index is 1.24. The minimum absolute atomic E-state index is 0.0209. The summed E-state index contributed by atoms with van der Waals surface area (Å²) in [5.74, 6) is 0.153. The molecular weight excluding hydrogens is 633 g/mol. The zero-order valence-corrected chi connectivity index (χ0v) is 28.3. The molecule has 0 radical (unpaired) electrons. The lowest BCUT2D eigenvalue weighted by Crippen LogP contribution is -2.56. The monoisotopic (exact) mass is 673 g/mol. The summed E-state index contributed by atoms with van der Waals surface area (Å²) in [7, 11) is 2.17. The van der Waals surface area contributed by atoms with Gasteiger partial charge in [0.2, 0.25) is 12.5 Å². The molecule has 0 spiro atoms. The highest BCUT2D eigenvalue weighted by molar-refractivity contribution is 6.36. The van der Waals surface area contributed by atoms with Crippen LogP contribution >= 0.6 is 11.6 Å². The number of amides is 1. The van der Waals surface area contributed by atoms with E-state index in [0.29, 0.717) is 69.9 Å². The molecule has 3 fully saturated rings. The number of rotatable bonds is 10. The van der Waals surface area contributed by atoms with Crippen molar-refractivity contribution in [3.05, 3.63) is 76.5 Å². The summed E-state index contributed by atoms with van der Waals surface area (Å²) in [6, 6.07) is 9.70. The number of halogens is 2. The van der Waals surface area contributed by atoms with E-state index in [1.807, 2.05) is 18.2 Å². The number of benzene rings is 2. The van der Waals surface area contributed by atoms with Gasteiger partial charge in [-0.15, -0.1) is 0 Å². The quantitative estimate of drug-likeness (QED) is 0.220. The number of nitrogens with zero attached hydrogens (tertiary/aromatic N) is 7. The Morgan fingerprint density at radius 3 is 2.79 bits per heavy atom. The third-order valence-corrected chi connectivity index (χ3v) is 10.6. The Labute approximate surface area is 285 Å². The number of hydrogen-bond acceptors (Lipinski definition) is 8. The van der Waals surface area contributed by atoms with E-state index in [4.69, 9.17) is 37.6 Å². The van der Waals surface area contributed by atoms with E-state index >= 15 is 0 Å². The van der Waals surface area contributed by atoms with Crippen molar-refractivity contribution in [3.8, 4) is 6.01 Å². The van der Waals surface area contributed by atoms with Crippen LogP contribution in [0.25, 0.3) is 15.6 Å². The number of hydrogen-bond donors (Lipinski definition) is 0. The molecule has 2 aromatic carbocycles. The van der Waals surface area contributed by atoms with Crippen molar-refractivity contribution in [1.82, 2.24) is 19.8 Å². The maximum atomic E-state index is 14.7. The number of aromatic nitrogens is 2. The third kappa shape index (κ3) is 6.17. The molecule has 1 saturated carbocycles. The molecule has 252 valence electrons. The van der Waals surface area contributed by atoms with E-state index in [2.05, 4.69) is 40.1 Å². The van der Waals surface area contributed by atoms with Crippen LogP contribution in [-0.4, -0.2) is 103 Å². The summed E-state index contributed by atoms with van der Waals surface area (Å²) >= 11 is 6.57.